The Morgan fingerprint density at radius 2 is 1.66 bits per heavy atom. The van der Waals surface area contributed by atoms with Crippen LogP contribution in [-0.2, 0) is 11.3 Å². The number of carbonyl (C=O) groups excluding carboxylic acids is 3. The molecular weight excluding hydrogens is 436 g/mol. The topological polar surface area (TPSA) is 122 Å². The maximum Gasteiger partial charge on any atom is 0.288 e. The van der Waals surface area contributed by atoms with Gasteiger partial charge in [-0.3, -0.25) is 24.5 Å². The lowest BCUT2D eigenvalue weighted by atomic mass is 10.0. The van der Waals surface area contributed by atoms with Crippen LogP contribution in [0.5, 0.6) is 0 Å². The van der Waals surface area contributed by atoms with Gasteiger partial charge < -0.3 is 15.5 Å². The molecule has 0 aliphatic carbocycles. The molecule has 2 N–H and O–H groups in total. The molecule has 2 rings (SSSR count). The monoisotopic (exact) mass is 460 g/mol. The van der Waals surface area contributed by atoms with Crippen molar-refractivity contribution in [3.8, 4) is 0 Å². The lowest BCUT2D eigenvalue weighted by Gasteiger charge is -2.27. The van der Waals surface area contributed by atoms with Gasteiger partial charge in [0, 0.05) is 37.8 Å². The predicted molar refractivity (Wildman–Crippen MR) is 121 cm³/mol. The van der Waals surface area contributed by atoms with Crippen molar-refractivity contribution in [2.24, 2.45) is 5.92 Å². The zero-order valence-electron chi connectivity index (χ0n) is 18.2. The average Bonchev–Trinajstić information content (AvgIpc) is 2.76. The van der Waals surface area contributed by atoms with Crippen molar-refractivity contribution in [1.82, 2.24) is 15.5 Å². The molecule has 2 aromatic rings. The number of amides is 3. The van der Waals surface area contributed by atoms with Gasteiger partial charge >= 0.3 is 0 Å². The zero-order valence-corrected chi connectivity index (χ0v) is 19.0. The van der Waals surface area contributed by atoms with Crippen LogP contribution in [0.1, 0.15) is 40.1 Å². The van der Waals surface area contributed by atoms with Gasteiger partial charge in [0.2, 0.25) is 5.91 Å². The van der Waals surface area contributed by atoms with Gasteiger partial charge in [0.05, 0.1) is 4.92 Å². The molecule has 0 fully saturated rings. The second-order valence-electron chi connectivity index (χ2n) is 7.59. The van der Waals surface area contributed by atoms with Crippen LogP contribution in [-0.4, -0.2) is 47.7 Å². The molecule has 0 bridgehead atoms. The first kappa shape index (κ1) is 24.8. The van der Waals surface area contributed by atoms with Crippen LogP contribution in [0.15, 0.2) is 42.5 Å². The molecule has 0 saturated heterocycles. The van der Waals surface area contributed by atoms with Gasteiger partial charge in [0.15, 0.2) is 0 Å². The van der Waals surface area contributed by atoms with Gasteiger partial charge in [-0.25, -0.2) is 0 Å². The van der Waals surface area contributed by atoms with Gasteiger partial charge in [-0.15, -0.1) is 0 Å². The summed E-state index contributed by atoms with van der Waals surface area (Å²) in [6.07, 6.45) is 0. The lowest BCUT2D eigenvalue weighted by molar-refractivity contribution is -0.384. The minimum atomic E-state index is -0.840. The van der Waals surface area contributed by atoms with Gasteiger partial charge in [0.25, 0.3) is 17.5 Å². The number of likely N-dealkylation sites (N-methyl/N-ethyl adjacent to an activating group) is 1. The normalized spacial score (nSPS) is 11.6. The van der Waals surface area contributed by atoms with E-state index in [9.17, 15) is 24.5 Å². The molecule has 0 saturated carbocycles. The number of nitrogens with one attached hydrogen (secondary N) is 2. The summed E-state index contributed by atoms with van der Waals surface area (Å²) >= 11 is 5.80. The van der Waals surface area contributed by atoms with Crippen molar-refractivity contribution in [3.63, 3.8) is 0 Å². The van der Waals surface area contributed by atoms with Crippen molar-refractivity contribution in [2.75, 3.05) is 14.1 Å². The number of hydrogen-bond donors (Lipinski definition) is 2. The van der Waals surface area contributed by atoms with Crippen LogP contribution in [0.3, 0.4) is 0 Å². The van der Waals surface area contributed by atoms with Crippen LogP contribution in [0.25, 0.3) is 0 Å². The Morgan fingerprint density at radius 1 is 1.06 bits per heavy atom. The highest BCUT2D eigenvalue weighted by molar-refractivity contribution is 6.32. The number of halogens is 1. The Balaban J connectivity index is 2.13. The summed E-state index contributed by atoms with van der Waals surface area (Å²) in [5.74, 6) is -1.36. The minimum absolute atomic E-state index is 0.0343. The van der Waals surface area contributed by atoms with Gasteiger partial charge in [0.1, 0.15) is 11.1 Å². The van der Waals surface area contributed by atoms with E-state index in [1.807, 2.05) is 0 Å². The van der Waals surface area contributed by atoms with Gasteiger partial charge in [-0.1, -0.05) is 37.6 Å². The summed E-state index contributed by atoms with van der Waals surface area (Å²) in [5.41, 5.74) is 0.973. The third-order valence-corrected chi connectivity index (χ3v) is 5.18. The maximum atomic E-state index is 13.0. The number of nitro benzene ring substituents is 1. The van der Waals surface area contributed by atoms with Crippen LogP contribution < -0.4 is 10.6 Å². The van der Waals surface area contributed by atoms with E-state index in [1.54, 1.807) is 52.2 Å². The summed E-state index contributed by atoms with van der Waals surface area (Å²) in [6.45, 7) is 3.86. The third kappa shape index (κ3) is 6.04. The van der Waals surface area contributed by atoms with Crippen LogP contribution >= 0.6 is 11.6 Å². The predicted octanol–water partition coefficient (Wildman–Crippen LogP) is 3.02. The highest BCUT2D eigenvalue weighted by Crippen LogP contribution is 2.25. The highest BCUT2D eigenvalue weighted by Gasteiger charge is 2.28. The van der Waals surface area contributed by atoms with Crippen LogP contribution in [0.2, 0.25) is 5.02 Å². The second kappa shape index (κ2) is 10.7. The molecule has 170 valence electrons. The third-order valence-electron chi connectivity index (χ3n) is 4.86. The number of nitro groups is 1. The molecule has 0 spiro atoms. The Bertz CT molecular complexity index is 1020. The van der Waals surface area contributed by atoms with Crippen molar-refractivity contribution in [2.45, 2.75) is 26.4 Å². The Morgan fingerprint density at radius 3 is 2.19 bits per heavy atom. The molecule has 0 aromatic heterocycles. The van der Waals surface area contributed by atoms with E-state index < -0.39 is 16.9 Å². The molecule has 3 amide bonds. The molecule has 9 nitrogen and oxygen atoms in total. The number of carbonyl (C=O) groups is 3. The molecule has 0 radical (unpaired) electrons. The quantitative estimate of drug-likeness (QED) is 0.463. The number of hydrogen-bond acceptors (Lipinski definition) is 5. The van der Waals surface area contributed by atoms with E-state index in [-0.39, 0.29) is 40.6 Å². The standard InChI is InChI=1S/C22H25ClN4O5/c1-13(2)19(25-21(29)16-9-10-17(23)18(11-16)27(31)32)22(30)26(4)12-14-5-7-15(8-6-14)20(28)24-3/h5-11,13,19H,12H2,1-4H3,(H,24,28)(H,25,29). The Labute approximate surface area is 190 Å². The van der Waals surface area contributed by atoms with Crippen molar-refractivity contribution < 1.29 is 19.3 Å². The van der Waals surface area contributed by atoms with E-state index in [0.29, 0.717) is 5.56 Å². The molecule has 1 atom stereocenters. The van der Waals surface area contributed by atoms with Crippen LogP contribution in [0.4, 0.5) is 5.69 Å². The zero-order chi connectivity index (χ0) is 24.0. The fraction of sp³-hybridized carbons (Fsp3) is 0.318. The van der Waals surface area contributed by atoms with E-state index in [4.69, 9.17) is 11.6 Å². The molecule has 32 heavy (non-hydrogen) atoms. The average molecular weight is 461 g/mol. The minimum Gasteiger partial charge on any atom is -0.355 e. The van der Waals surface area contributed by atoms with Gasteiger partial charge in [-0.2, -0.15) is 0 Å². The summed E-state index contributed by atoms with van der Waals surface area (Å²) in [4.78, 5) is 49.2. The van der Waals surface area contributed by atoms with Gasteiger partial charge in [-0.05, 0) is 35.7 Å². The SMILES string of the molecule is CNC(=O)c1ccc(CN(C)C(=O)C(NC(=O)c2ccc(Cl)c([N+](=O)[O-])c2)C(C)C)cc1. The van der Waals surface area contributed by atoms with E-state index in [1.165, 1.54) is 17.0 Å². The molecular formula is C22H25ClN4O5. The lowest BCUT2D eigenvalue weighted by Crippen LogP contribution is -2.50. The molecule has 10 heteroatoms. The molecule has 2 aromatic carbocycles. The van der Waals surface area contributed by atoms with Crippen molar-refractivity contribution in [1.29, 1.82) is 0 Å². The molecule has 1 unspecified atom stereocenters. The summed E-state index contributed by atoms with van der Waals surface area (Å²) in [5, 5.41) is 16.2. The Kier molecular flexibility index (Phi) is 8.31. The maximum absolute atomic E-state index is 13.0. The first-order valence-corrected chi connectivity index (χ1v) is 10.2. The fourth-order valence-electron chi connectivity index (χ4n) is 3.03. The number of rotatable bonds is 8. The smallest absolute Gasteiger partial charge is 0.288 e. The largest absolute Gasteiger partial charge is 0.355 e. The van der Waals surface area contributed by atoms with Crippen molar-refractivity contribution >= 4 is 35.0 Å². The first-order valence-electron chi connectivity index (χ1n) is 9.86. The molecule has 0 aliphatic rings. The first-order chi connectivity index (χ1) is 15.0. The van der Waals surface area contributed by atoms with E-state index in [0.717, 1.165) is 11.6 Å². The summed E-state index contributed by atoms with van der Waals surface area (Å²) in [6, 6.07) is 9.72. The molecule has 0 aliphatic heterocycles. The fourth-order valence-corrected chi connectivity index (χ4v) is 3.21. The van der Waals surface area contributed by atoms with E-state index in [2.05, 4.69) is 10.6 Å². The highest BCUT2D eigenvalue weighted by atomic mass is 35.5. The van der Waals surface area contributed by atoms with E-state index >= 15 is 0 Å². The number of benzene rings is 2. The van der Waals surface area contributed by atoms with Crippen LogP contribution in [0, 0.1) is 16.0 Å². The summed E-state index contributed by atoms with van der Waals surface area (Å²) in [7, 11) is 3.16. The number of nitrogens with zero attached hydrogens (tertiary/aromatic N) is 2. The van der Waals surface area contributed by atoms with Crippen molar-refractivity contribution in [3.05, 3.63) is 74.3 Å². The Hall–Kier alpha value is -3.46. The second-order valence-corrected chi connectivity index (χ2v) is 8.00. The summed E-state index contributed by atoms with van der Waals surface area (Å²) < 4.78 is 0. The molecule has 0 heterocycles.